The quantitative estimate of drug-likeness (QED) is 0.810. The molecule has 0 saturated carbocycles. The first kappa shape index (κ1) is 16.8. The fourth-order valence-electron chi connectivity index (χ4n) is 2.75. The molecule has 4 heteroatoms. The minimum atomic E-state index is 0.302. The minimum Gasteiger partial charge on any atom is -0.494 e. The van der Waals surface area contributed by atoms with Crippen LogP contribution in [0.4, 0.5) is 0 Å². The number of ether oxygens (including phenoxy) is 1. The molecular formula is C18H28N2O2. The molecule has 0 bridgehead atoms. The summed E-state index contributed by atoms with van der Waals surface area (Å²) >= 11 is 0. The van der Waals surface area contributed by atoms with Crippen LogP contribution in [0.3, 0.4) is 0 Å². The third-order valence-corrected chi connectivity index (χ3v) is 3.95. The molecule has 1 saturated heterocycles. The van der Waals surface area contributed by atoms with Crippen LogP contribution in [0.15, 0.2) is 24.3 Å². The Bertz CT molecular complexity index is 462. The summed E-state index contributed by atoms with van der Waals surface area (Å²) in [5, 5.41) is 0. The molecule has 1 aliphatic heterocycles. The predicted octanol–water partition coefficient (Wildman–Crippen LogP) is 2.78. The maximum Gasteiger partial charge on any atom is 0.222 e. The molecule has 0 aromatic heterocycles. The summed E-state index contributed by atoms with van der Waals surface area (Å²) in [5.41, 5.74) is 1.30. The van der Waals surface area contributed by atoms with E-state index in [2.05, 4.69) is 30.9 Å². The molecular weight excluding hydrogens is 276 g/mol. The number of rotatable bonds is 6. The summed E-state index contributed by atoms with van der Waals surface area (Å²) in [7, 11) is 0. The number of benzene rings is 1. The third kappa shape index (κ3) is 5.02. The molecule has 1 aliphatic rings. The number of carbonyl (C=O) groups excluding carboxylic acids is 1. The van der Waals surface area contributed by atoms with Crippen LogP contribution in [0, 0.1) is 5.92 Å². The van der Waals surface area contributed by atoms with Gasteiger partial charge in [0.05, 0.1) is 6.61 Å². The Kier molecular flexibility index (Phi) is 6.25. The summed E-state index contributed by atoms with van der Waals surface area (Å²) in [5.74, 6) is 1.67. The smallest absolute Gasteiger partial charge is 0.222 e. The largest absolute Gasteiger partial charge is 0.494 e. The summed E-state index contributed by atoms with van der Waals surface area (Å²) < 4.78 is 5.47. The van der Waals surface area contributed by atoms with Gasteiger partial charge in [-0.2, -0.15) is 0 Å². The van der Waals surface area contributed by atoms with Crippen LogP contribution in [-0.2, 0) is 11.3 Å². The third-order valence-electron chi connectivity index (χ3n) is 3.95. The first-order valence-corrected chi connectivity index (χ1v) is 8.30. The maximum absolute atomic E-state index is 12.1. The molecule has 0 N–H and O–H groups in total. The normalized spacial score (nSPS) is 16.1. The van der Waals surface area contributed by atoms with Crippen molar-refractivity contribution in [3.05, 3.63) is 29.8 Å². The fourth-order valence-corrected chi connectivity index (χ4v) is 2.75. The predicted molar refractivity (Wildman–Crippen MR) is 88.9 cm³/mol. The Hall–Kier alpha value is -1.55. The molecule has 122 valence electrons. The van der Waals surface area contributed by atoms with Crippen LogP contribution < -0.4 is 4.74 Å². The molecule has 1 aromatic carbocycles. The zero-order chi connectivity index (χ0) is 15.9. The highest BCUT2D eigenvalue weighted by molar-refractivity contribution is 5.76. The summed E-state index contributed by atoms with van der Waals surface area (Å²) in [6, 6.07) is 8.31. The lowest BCUT2D eigenvalue weighted by Gasteiger charge is -2.35. The molecule has 22 heavy (non-hydrogen) atoms. The zero-order valence-corrected chi connectivity index (χ0v) is 14.0. The van der Waals surface area contributed by atoms with Gasteiger partial charge in [-0.15, -0.1) is 0 Å². The number of nitrogens with zero attached hydrogens (tertiary/aromatic N) is 2. The molecule has 2 rings (SSSR count). The van der Waals surface area contributed by atoms with E-state index in [-0.39, 0.29) is 0 Å². The van der Waals surface area contributed by atoms with Gasteiger partial charge in [-0.3, -0.25) is 9.69 Å². The van der Waals surface area contributed by atoms with Gasteiger partial charge in [-0.05, 0) is 30.5 Å². The topological polar surface area (TPSA) is 32.8 Å². The summed E-state index contributed by atoms with van der Waals surface area (Å²) in [6.07, 6.45) is 0.666. The van der Waals surface area contributed by atoms with Gasteiger partial charge in [0, 0.05) is 39.1 Å². The van der Waals surface area contributed by atoms with Crippen molar-refractivity contribution in [2.45, 2.75) is 33.7 Å². The molecule has 0 aliphatic carbocycles. The van der Waals surface area contributed by atoms with E-state index < -0.39 is 0 Å². The maximum atomic E-state index is 12.1. The number of piperazine rings is 1. The van der Waals surface area contributed by atoms with Crippen molar-refractivity contribution in [1.29, 1.82) is 0 Å². The monoisotopic (exact) mass is 304 g/mol. The zero-order valence-electron chi connectivity index (χ0n) is 14.0. The standard InChI is InChI=1S/C18H28N2O2/c1-4-22-17-7-5-16(6-8-17)14-19-9-11-20(12-10-19)18(21)13-15(2)3/h5-8,15H,4,9-14H2,1-3H3. The lowest BCUT2D eigenvalue weighted by Crippen LogP contribution is -2.48. The van der Waals surface area contributed by atoms with Crippen LogP contribution in [0.2, 0.25) is 0 Å². The van der Waals surface area contributed by atoms with Crippen molar-refractivity contribution >= 4 is 5.91 Å². The first-order chi connectivity index (χ1) is 10.6. The summed E-state index contributed by atoms with van der Waals surface area (Å²) in [6.45, 7) is 11.4. The fraction of sp³-hybridized carbons (Fsp3) is 0.611. The van der Waals surface area contributed by atoms with Gasteiger partial charge >= 0.3 is 0 Å². The van der Waals surface area contributed by atoms with Crippen LogP contribution in [0.1, 0.15) is 32.8 Å². The summed E-state index contributed by atoms with van der Waals surface area (Å²) in [4.78, 5) is 16.5. The molecule has 4 nitrogen and oxygen atoms in total. The molecule has 0 spiro atoms. The lowest BCUT2D eigenvalue weighted by atomic mass is 10.1. The molecule has 0 atom stereocenters. The van der Waals surface area contributed by atoms with Gasteiger partial charge in [-0.25, -0.2) is 0 Å². The number of amides is 1. The molecule has 0 radical (unpaired) electrons. The average molecular weight is 304 g/mol. The Labute approximate surface area is 134 Å². The highest BCUT2D eigenvalue weighted by Gasteiger charge is 2.21. The number of carbonyl (C=O) groups is 1. The molecule has 1 aromatic rings. The van der Waals surface area contributed by atoms with Gasteiger partial charge in [0.2, 0.25) is 5.91 Å². The molecule has 1 fully saturated rings. The van der Waals surface area contributed by atoms with E-state index in [1.165, 1.54) is 5.56 Å². The van der Waals surface area contributed by atoms with Crippen molar-refractivity contribution in [3.8, 4) is 5.75 Å². The van der Waals surface area contributed by atoms with Crippen LogP contribution in [0.5, 0.6) is 5.75 Å². The van der Waals surface area contributed by atoms with Gasteiger partial charge < -0.3 is 9.64 Å². The average Bonchev–Trinajstić information content (AvgIpc) is 2.49. The van der Waals surface area contributed by atoms with E-state index >= 15 is 0 Å². The van der Waals surface area contributed by atoms with E-state index in [4.69, 9.17) is 4.74 Å². The van der Waals surface area contributed by atoms with E-state index in [9.17, 15) is 4.79 Å². The minimum absolute atomic E-state index is 0.302. The van der Waals surface area contributed by atoms with Crippen molar-refractivity contribution in [3.63, 3.8) is 0 Å². The van der Waals surface area contributed by atoms with E-state index in [0.29, 0.717) is 24.9 Å². The Morgan fingerprint density at radius 1 is 1.14 bits per heavy atom. The number of hydrogen-bond donors (Lipinski definition) is 0. The highest BCUT2D eigenvalue weighted by Crippen LogP contribution is 2.15. The Balaban J connectivity index is 1.78. The second-order valence-corrected chi connectivity index (χ2v) is 6.33. The van der Waals surface area contributed by atoms with Gasteiger partial charge in [0.25, 0.3) is 0 Å². The second kappa shape index (κ2) is 8.18. The highest BCUT2D eigenvalue weighted by atomic mass is 16.5. The van der Waals surface area contributed by atoms with Gasteiger partial charge in [0.15, 0.2) is 0 Å². The Morgan fingerprint density at radius 3 is 2.32 bits per heavy atom. The van der Waals surface area contributed by atoms with E-state index in [1.54, 1.807) is 0 Å². The lowest BCUT2D eigenvalue weighted by molar-refractivity contribution is -0.133. The van der Waals surface area contributed by atoms with E-state index in [1.807, 2.05) is 24.0 Å². The van der Waals surface area contributed by atoms with E-state index in [0.717, 1.165) is 38.5 Å². The van der Waals surface area contributed by atoms with Gasteiger partial charge in [0.1, 0.15) is 5.75 Å². The first-order valence-electron chi connectivity index (χ1n) is 8.30. The molecule has 0 unspecified atom stereocenters. The second-order valence-electron chi connectivity index (χ2n) is 6.33. The van der Waals surface area contributed by atoms with Crippen LogP contribution >= 0.6 is 0 Å². The van der Waals surface area contributed by atoms with Gasteiger partial charge in [-0.1, -0.05) is 26.0 Å². The van der Waals surface area contributed by atoms with Crippen molar-refractivity contribution in [2.75, 3.05) is 32.8 Å². The van der Waals surface area contributed by atoms with Crippen LogP contribution in [0.25, 0.3) is 0 Å². The number of hydrogen-bond acceptors (Lipinski definition) is 3. The SMILES string of the molecule is CCOc1ccc(CN2CCN(C(=O)CC(C)C)CC2)cc1. The van der Waals surface area contributed by atoms with Crippen molar-refractivity contribution in [1.82, 2.24) is 9.80 Å². The van der Waals surface area contributed by atoms with Crippen LogP contribution in [-0.4, -0.2) is 48.5 Å². The Morgan fingerprint density at radius 2 is 1.77 bits per heavy atom. The van der Waals surface area contributed by atoms with Crippen molar-refractivity contribution in [2.24, 2.45) is 5.92 Å². The van der Waals surface area contributed by atoms with Crippen molar-refractivity contribution < 1.29 is 9.53 Å². The molecule has 1 heterocycles. The molecule has 1 amide bonds.